The van der Waals surface area contributed by atoms with E-state index in [0.717, 1.165) is 6.20 Å². The molecule has 2 amide bonds. The molecule has 7 nitrogen and oxygen atoms in total. The molecule has 0 aromatic carbocycles. The Kier molecular flexibility index (Phi) is 6.96. The van der Waals surface area contributed by atoms with Gasteiger partial charge < -0.3 is 21.1 Å². The van der Waals surface area contributed by atoms with Crippen molar-refractivity contribution in [2.24, 2.45) is 11.7 Å². The van der Waals surface area contributed by atoms with Gasteiger partial charge in [0.15, 0.2) is 6.61 Å². The predicted molar refractivity (Wildman–Crippen MR) is 80.2 cm³/mol. The van der Waals surface area contributed by atoms with Gasteiger partial charge in [-0.15, -0.1) is 0 Å². The van der Waals surface area contributed by atoms with Gasteiger partial charge >= 0.3 is 6.18 Å². The summed E-state index contributed by atoms with van der Waals surface area (Å²) >= 11 is 0. The number of anilines is 1. The molecule has 134 valence electrons. The number of nitrogens with two attached hydrogens (primary N) is 1. The van der Waals surface area contributed by atoms with Crippen LogP contribution in [-0.2, 0) is 9.59 Å². The van der Waals surface area contributed by atoms with E-state index in [2.05, 4.69) is 20.4 Å². The highest BCUT2D eigenvalue weighted by atomic mass is 19.4. The monoisotopic (exact) mass is 348 g/mol. The molecule has 1 aromatic heterocycles. The second kappa shape index (κ2) is 8.48. The highest BCUT2D eigenvalue weighted by Crippen LogP contribution is 2.17. The third-order valence-corrected chi connectivity index (χ3v) is 2.85. The van der Waals surface area contributed by atoms with E-state index in [1.54, 1.807) is 13.8 Å². The Balaban J connectivity index is 2.43. The fourth-order valence-electron chi connectivity index (χ4n) is 1.49. The quantitative estimate of drug-likeness (QED) is 0.683. The molecule has 1 rings (SSSR count). The summed E-state index contributed by atoms with van der Waals surface area (Å²) in [5, 5.41) is 4.82. The number of hydrogen-bond donors (Lipinski definition) is 3. The third kappa shape index (κ3) is 7.27. The highest BCUT2D eigenvalue weighted by Gasteiger charge is 2.28. The van der Waals surface area contributed by atoms with Crippen LogP contribution < -0.4 is 21.1 Å². The minimum absolute atomic E-state index is 0.0681. The minimum atomic E-state index is -4.45. The maximum absolute atomic E-state index is 12.0. The van der Waals surface area contributed by atoms with Crippen molar-refractivity contribution in [2.75, 3.05) is 18.5 Å². The number of nitrogens with zero attached hydrogens (tertiary/aromatic N) is 1. The van der Waals surface area contributed by atoms with Gasteiger partial charge in [-0.1, -0.05) is 13.8 Å². The van der Waals surface area contributed by atoms with E-state index in [9.17, 15) is 22.8 Å². The van der Waals surface area contributed by atoms with Crippen LogP contribution in [0.3, 0.4) is 0 Å². The molecule has 10 heteroatoms. The number of hydrogen-bond acceptors (Lipinski definition) is 5. The first-order valence-corrected chi connectivity index (χ1v) is 7.07. The van der Waals surface area contributed by atoms with Crippen molar-refractivity contribution in [3.05, 3.63) is 18.3 Å². The molecule has 0 radical (unpaired) electrons. The molecule has 0 aliphatic carbocycles. The van der Waals surface area contributed by atoms with E-state index in [1.165, 1.54) is 12.1 Å². The number of alkyl halides is 3. The lowest BCUT2D eigenvalue weighted by Crippen LogP contribution is -2.46. The molecule has 0 spiro atoms. The second-order valence-corrected chi connectivity index (χ2v) is 5.32. The second-order valence-electron chi connectivity index (χ2n) is 5.32. The maximum atomic E-state index is 12.0. The summed E-state index contributed by atoms with van der Waals surface area (Å²) in [4.78, 5) is 26.9. The van der Waals surface area contributed by atoms with E-state index in [-0.39, 0.29) is 24.0 Å². The van der Waals surface area contributed by atoms with Gasteiger partial charge in [-0.2, -0.15) is 13.2 Å². The topological polar surface area (TPSA) is 106 Å². The van der Waals surface area contributed by atoms with E-state index in [0.29, 0.717) is 0 Å². The number of nitrogens with one attached hydrogen (secondary N) is 2. The van der Waals surface area contributed by atoms with Crippen molar-refractivity contribution in [3.8, 4) is 5.88 Å². The summed E-state index contributed by atoms with van der Waals surface area (Å²) in [6, 6.07) is 1.80. The zero-order chi connectivity index (χ0) is 18.3. The number of carbonyl (C=O) groups is 2. The summed E-state index contributed by atoms with van der Waals surface area (Å²) < 4.78 is 40.4. The molecule has 4 N–H and O–H groups in total. The van der Waals surface area contributed by atoms with E-state index < -0.39 is 30.6 Å². The van der Waals surface area contributed by atoms with Crippen molar-refractivity contribution in [1.29, 1.82) is 0 Å². The summed E-state index contributed by atoms with van der Waals surface area (Å²) in [7, 11) is 0. The van der Waals surface area contributed by atoms with Crippen molar-refractivity contribution < 1.29 is 27.5 Å². The standard InChI is InChI=1S/C14H19F3N4O3/c1-8(2)12(18)13(23)20-6-10(22)21-9-3-4-11(19-5-9)24-7-14(15,16)17/h3-5,8,12H,6-7,18H2,1-2H3,(H,20,23)(H,21,22)/t12-/m0/s1. The Morgan fingerprint density at radius 3 is 2.50 bits per heavy atom. The number of ether oxygens (including phenoxy) is 1. The van der Waals surface area contributed by atoms with E-state index in [4.69, 9.17) is 5.73 Å². The van der Waals surface area contributed by atoms with Crippen LogP contribution in [0.25, 0.3) is 0 Å². The van der Waals surface area contributed by atoms with E-state index >= 15 is 0 Å². The van der Waals surface area contributed by atoms with Gasteiger partial charge in [0.05, 0.1) is 24.5 Å². The van der Waals surface area contributed by atoms with Crippen LogP contribution in [0.5, 0.6) is 5.88 Å². The van der Waals surface area contributed by atoms with Crippen LogP contribution >= 0.6 is 0 Å². The van der Waals surface area contributed by atoms with Crippen LogP contribution in [0.15, 0.2) is 18.3 Å². The first kappa shape index (κ1) is 19.7. The molecule has 1 heterocycles. The average molecular weight is 348 g/mol. The zero-order valence-electron chi connectivity index (χ0n) is 13.2. The van der Waals surface area contributed by atoms with Crippen molar-refractivity contribution in [1.82, 2.24) is 10.3 Å². The number of pyridine rings is 1. The molecular weight excluding hydrogens is 329 g/mol. The van der Waals surface area contributed by atoms with Gasteiger partial charge in [0.2, 0.25) is 17.7 Å². The van der Waals surface area contributed by atoms with Crippen LogP contribution in [0.2, 0.25) is 0 Å². The fraction of sp³-hybridized carbons (Fsp3) is 0.500. The number of rotatable bonds is 7. The van der Waals surface area contributed by atoms with Gasteiger partial charge in [-0.3, -0.25) is 9.59 Å². The molecule has 0 bridgehead atoms. The largest absolute Gasteiger partial charge is 0.468 e. The smallest absolute Gasteiger partial charge is 0.422 e. The molecule has 1 atom stereocenters. The third-order valence-electron chi connectivity index (χ3n) is 2.85. The molecule has 0 aliphatic heterocycles. The van der Waals surface area contributed by atoms with Gasteiger partial charge in [-0.05, 0) is 12.0 Å². The van der Waals surface area contributed by atoms with Crippen molar-refractivity contribution >= 4 is 17.5 Å². The number of carbonyl (C=O) groups excluding carboxylic acids is 2. The number of amides is 2. The molecule has 0 saturated heterocycles. The van der Waals surface area contributed by atoms with Crippen LogP contribution in [0.4, 0.5) is 18.9 Å². The predicted octanol–water partition coefficient (Wildman–Crippen LogP) is 1.06. The molecule has 0 aliphatic rings. The Hall–Kier alpha value is -2.36. The van der Waals surface area contributed by atoms with Gasteiger partial charge in [0.25, 0.3) is 0 Å². The highest BCUT2D eigenvalue weighted by molar-refractivity contribution is 5.95. The van der Waals surface area contributed by atoms with Crippen LogP contribution in [-0.4, -0.2) is 42.2 Å². The summed E-state index contributed by atoms with van der Waals surface area (Å²) in [6.07, 6.45) is -3.31. The summed E-state index contributed by atoms with van der Waals surface area (Å²) in [5.41, 5.74) is 5.88. The minimum Gasteiger partial charge on any atom is -0.468 e. The molecule has 0 fully saturated rings. The molecule has 1 aromatic rings. The molecule has 0 saturated carbocycles. The van der Waals surface area contributed by atoms with Crippen LogP contribution in [0, 0.1) is 5.92 Å². The first-order valence-electron chi connectivity index (χ1n) is 7.07. The number of aromatic nitrogens is 1. The first-order chi connectivity index (χ1) is 11.1. The normalized spacial score (nSPS) is 12.6. The van der Waals surface area contributed by atoms with Gasteiger partial charge in [-0.25, -0.2) is 4.98 Å². The average Bonchev–Trinajstić information content (AvgIpc) is 2.50. The molecular formula is C14H19F3N4O3. The Morgan fingerprint density at radius 2 is 2.00 bits per heavy atom. The van der Waals surface area contributed by atoms with Gasteiger partial charge in [0, 0.05) is 6.07 Å². The fourth-order valence-corrected chi connectivity index (χ4v) is 1.49. The SMILES string of the molecule is CC(C)[C@H](N)C(=O)NCC(=O)Nc1ccc(OCC(F)(F)F)nc1. The molecule has 24 heavy (non-hydrogen) atoms. The lowest BCUT2D eigenvalue weighted by Gasteiger charge is -2.15. The summed E-state index contributed by atoms with van der Waals surface area (Å²) in [6.45, 7) is 1.82. The lowest BCUT2D eigenvalue weighted by atomic mass is 10.1. The zero-order valence-corrected chi connectivity index (χ0v) is 13.2. The Bertz CT molecular complexity index is 561. The van der Waals surface area contributed by atoms with E-state index in [1.807, 2.05) is 0 Å². The maximum Gasteiger partial charge on any atom is 0.422 e. The van der Waals surface area contributed by atoms with Crippen molar-refractivity contribution in [2.45, 2.75) is 26.1 Å². The van der Waals surface area contributed by atoms with Crippen LogP contribution in [0.1, 0.15) is 13.8 Å². The summed E-state index contributed by atoms with van der Waals surface area (Å²) in [5.74, 6) is -1.26. The lowest BCUT2D eigenvalue weighted by molar-refractivity contribution is -0.154. The Labute approximate surface area is 136 Å². The number of halogens is 3. The Morgan fingerprint density at radius 1 is 1.33 bits per heavy atom. The molecule has 0 unspecified atom stereocenters. The van der Waals surface area contributed by atoms with Gasteiger partial charge in [0.1, 0.15) is 0 Å². The van der Waals surface area contributed by atoms with Crippen molar-refractivity contribution in [3.63, 3.8) is 0 Å².